The van der Waals surface area contributed by atoms with Crippen molar-refractivity contribution in [3.05, 3.63) is 63.1 Å². The lowest BCUT2D eigenvalue weighted by Gasteiger charge is -2.29. The molecule has 2 amide bonds. The molecule has 0 aliphatic heterocycles. The number of rotatable bonds is 9. The van der Waals surface area contributed by atoms with Crippen molar-refractivity contribution in [1.82, 2.24) is 10.2 Å². The van der Waals surface area contributed by atoms with Gasteiger partial charge in [0, 0.05) is 18.1 Å². The fourth-order valence-electron chi connectivity index (χ4n) is 2.80. The van der Waals surface area contributed by atoms with E-state index in [1.807, 2.05) is 38.1 Å². The molecule has 0 fully saturated rings. The molecule has 0 unspecified atom stereocenters. The average Bonchev–Trinajstić information content (AvgIpc) is 2.69. The highest BCUT2D eigenvalue weighted by Crippen LogP contribution is 2.28. The monoisotopic (exact) mass is 480 g/mol. The van der Waals surface area contributed by atoms with Crippen LogP contribution in [-0.2, 0) is 16.1 Å². The largest absolute Gasteiger partial charge is 0.483 e. The summed E-state index contributed by atoms with van der Waals surface area (Å²) < 4.78 is 6.34. The molecular weight excluding hydrogens is 456 g/mol. The fourth-order valence-corrected chi connectivity index (χ4v) is 3.60. The lowest BCUT2D eigenvalue weighted by molar-refractivity contribution is -0.142. The van der Waals surface area contributed by atoms with Crippen LogP contribution in [0.3, 0.4) is 0 Å². The van der Waals surface area contributed by atoms with Gasteiger partial charge >= 0.3 is 0 Å². The second-order valence-electron chi connectivity index (χ2n) is 6.84. The van der Waals surface area contributed by atoms with Gasteiger partial charge in [-0.1, -0.05) is 48.4 Å². The number of amides is 2. The fraction of sp³-hybridized carbons (Fsp3) is 0.364. The first-order valence-electron chi connectivity index (χ1n) is 9.52. The van der Waals surface area contributed by atoms with Crippen molar-refractivity contribution in [2.24, 2.45) is 0 Å². The summed E-state index contributed by atoms with van der Waals surface area (Å²) >= 11 is 9.32. The molecule has 0 aliphatic rings. The Morgan fingerprint density at radius 1 is 1.24 bits per heavy atom. The number of benzene rings is 2. The topological polar surface area (TPSA) is 58.6 Å². The number of halogens is 2. The number of nitrogens with zero attached hydrogens (tertiary/aromatic N) is 1. The lowest BCUT2D eigenvalue weighted by Crippen LogP contribution is -2.49. The molecule has 1 N–H and O–H groups in total. The van der Waals surface area contributed by atoms with Gasteiger partial charge in [-0.2, -0.15) is 0 Å². The van der Waals surface area contributed by atoms with E-state index in [0.717, 1.165) is 17.5 Å². The lowest BCUT2D eigenvalue weighted by atomic mass is 10.1. The number of ether oxygens (including phenoxy) is 1. The summed E-state index contributed by atoms with van der Waals surface area (Å²) in [6, 6.07) is 12.4. The number of aryl methyl sites for hydroxylation is 1. The minimum Gasteiger partial charge on any atom is -0.483 e. The first kappa shape index (κ1) is 23.2. The summed E-state index contributed by atoms with van der Waals surface area (Å²) in [6.45, 7) is 6.43. The zero-order chi connectivity index (χ0) is 21.4. The molecule has 2 rings (SSSR count). The maximum atomic E-state index is 13.0. The normalized spacial score (nSPS) is 11.6. The number of hydrogen-bond donors (Lipinski definition) is 1. The number of carbonyl (C=O) groups is 2. The van der Waals surface area contributed by atoms with E-state index in [-0.39, 0.29) is 18.4 Å². The van der Waals surface area contributed by atoms with Gasteiger partial charge in [-0.3, -0.25) is 9.59 Å². The molecule has 156 valence electrons. The van der Waals surface area contributed by atoms with Gasteiger partial charge in [0.25, 0.3) is 5.91 Å². The quantitative estimate of drug-likeness (QED) is 0.563. The van der Waals surface area contributed by atoms with Crippen molar-refractivity contribution in [2.75, 3.05) is 13.2 Å². The molecule has 1 atom stereocenters. The molecule has 0 aromatic heterocycles. The number of hydrogen-bond acceptors (Lipinski definition) is 3. The van der Waals surface area contributed by atoms with Gasteiger partial charge in [0.15, 0.2) is 6.61 Å². The Labute approximate surface area is 185 Å². The van der Waals surface area contributed by atoms with Crippen LogP contribution in [0, 0.1) is 6.92 Å². The standard InChI is InChI=1S/C22H26BrClN2O3/c1-4-10-25-22(28)16(3)26(13-17-7-5-6-15(2)11-17)21(27)14-29-20-9-8-18(24)12-19(20)23/h5-9,11-12,16H,4,10,13-14H2,1-3H3,(H,25,28)/t16-/m1/s1. The number of carbonyl (C=O) groups excluding carboxylic acids is 2. The van der Waals surface area contributed by atoms with Crippen molar-refractivity contribution in [2.45, 2.75) is 39.8 Å². The van der Waals surface area contributed by atoms with E-state index in [1.165, 1.54) is 0 Å². The van der Waals surface area contributed by atoms with Gasteiger partial charge in [0.2, 0.25) is 5.91 Å². The Balaban J connectivity index is 2.15. The van der Waals surface area contributed by atoms with Crippen molar-refractivity contribution in [3.8, 4) is 5.75 Å². The molecule has 2 aromatic rings. The Morgan fingerprint density at radius 2 is 2.00 bits per heavy atom. The van der Waals surface area contributed by atoms with E-state index in [2.05, 4.69) is 21.2 Å². The van der Waals surface area contributed by atoms with Crippen LogP contribution in [0.2, 0.25) is 5.02 Å². The second-order valence-corrected chi connectivity index (χ2v) is 8.13. The minimum absolute atomic E-state index is 0.180. The zero-order valence-electron chi connectivity index (χ0n) is 16.9. The molecule has 7 heteroatoms. The SMILES string of the molecule is CCCNC(=O)[C@@H](C)N(Cc1cccc(C)c1)C(=O)COc1ccc(Cl)cc1Br. The van der Waals surface area contributed by atoms with Crippen molar-refractivity contribution >= 4 is 39.3 Å². The van der Waals surface area contributed by atoms with Gasteiger partial charge in [0.05, 0.1) is 4.47 Å². The third-order valence-corrected chi connectivity index (χ3v) is 5.25. The Morgan fingerprint density at radius 3 is 2.66 bits per heavy atom. The van der Waals surface area contributed by atoms with Gasteiger partial charge in [-0.25, -0.2) is 0 Å². The summed E-state index contributed by atoms with van der Waals surface area (Å²) in [5.41, 5.74) is 2.06. The summed E-state index contributed by atoms with van der Waals surface area (Å²) in [5.74, 6) is 0.0642. The number of nitrogens with one attached hydrogen (secondary N) is 1. The molecule has 2 aromatic carbocycles. The highest BCUT2D eigenvalue weighted by Gasteiger charge is 2.26. The third-order valence-electron chi connectivity index (χ3n) is 4.40. The summed E-state index contributed by atoms with van der Waals surface area (Å²) in [6.07, 6.45) is 0.831. The average molecular weight is 482 g/mol. The summed E-state index contributed by atoms with van der Waals surface area (Å²) in [4.78, 5) is 27.0. The van der Waals surface area contributed by atoms with Gasteiger partial charge in [0.1, 0.15) is 11.8 Å². The van der Waals surface area contributed by atoms with Crippen LogP contribution in [0.1, 0.15) is 31.4 Å². The van der Waals surface area contributed by atoms with Crippen LogP contribution < -0.4 is 10.1 Å². The molecule has 29 heavy (non-hydrogen) atoms. The van der Waals surface area contributed by atoms with Gasteiger partial charge < -0.3 is 15.0 Å². The van der Waals surface area contributed by atoms with Gasteiger partial charge in [-0.15, -0.1) is 0 Å². The first-order chi connectivity index (χ1) is 13.8. The molecule has 5 nitrogen and oxygen atoms in total. The molecule has 0 aliphatic carbocycles. The molecule has 0 saturated heterocycles. The van der Waals surface area contributed by atoms with Crippen LogP contribution in [-0.4, -0.2) is 35.9 Å². The highest BCUT2D eigenvalue weighted by atomic mass is 79.9. The van der Waals surface area contributed by atoms with Crippen molar-refractivity contribution in [1.29, 1.82) is 0 Å². The van der Waals surface area contributed by atoms with E-state index < -0.39 is 6.04 Å². The van der Waals surface area contributed by atoms with Crippen molar-refractivity contribution < 1.29 is 14.3 Å². The highest BCUT2D eigenvalue weighted by molar-refractivity contribution is 9.10. The van der Waals surface area contributed by atoms with Crippen LogP contribution in [0.15, 0.2) is 46.9 Å². The molecule has 0 heterocycles. The summed E-state index contributed by atoms with van der Waals surface area (Å²) in [5, 5.41) is 3.43. The predicted molar refractivity (Wildman–Crippen MR) is 119 cm³/mol. The van der Waals surface area contributed by atoms with E-state index >= 15 is 0 Å². The summed E-state index contributed by atoms with van der Waals surface area (Å²) in [7, 11) is 0. The molecule has 0 radical (unpaired) electrons. The second kappa shape index (κ2) is 11.2. The van der Waals surface area contributed by atoms with Crippen LogP contribution in [0.5, 0.6) is 5.75 Å². The zero-order valence-corrected chi connectivity index (χ0v) is 19.2. The van der Waals surface area contributed by atoms with Crippen molar-refractivity contribution in [3.63, 3.8) is 0 Å². The Hall–Kier alpha value is -2.05. The molecule has 0 spiro atoms. The third kappa shape index (κ3) is 7.05. The first-order valence-corrected chi connectivity index (χ1v) is 10.7. The van der Waals surface area contributed by atoms with E-state index in [4.69, 9.17) is 16.3 Å². The van der Waals surface area contributed by atoms with Gasteiger partial charge in [-0.05, 0) is 60.0 Å². The maximum Gasteiger partial charge on any atom is 0.261 e. The smallest absolute Gasteiger partial charge is 0.261 e. The maximum absolute atomic E-state index is 13.0. The molecular formula is C22H26BrClN2O3. The minimum atomic E-state index is -0.619. The van der Waals surface area contributed by atoms with Crippen LogP contribution in [0.4, 0.5) is 0 Å². The Bertz CT molecular complexity index is 860. The van der Waals surface area contributed by atoms with Crippen LogP contribution in [0.25, 0.3) is 0 Å². The van der Waals surface area contributed by atoms with Crippen LogP contribution >= 0.6 is 27.5 Å². The van der Waals surface area contributed by atoms with E-state index in [9.17, 15) is 9.59 Å². The molecule has 0 saturated carbocycles. The van der Waals surface area contributed by atoms with E-state index in [1.54, 1.807) is 30.0 Å². The molecule has 0 bridgehead atoms. The van der Waals surface area contributed by atoms with E-state index in [0.29, 0.717) is 28.3 Å². The predicted octanol–water partition coefficient (Wildman–Crippen LogP) is 4.73. The Kier molecular flexibility index (Phi) is 8.99.